The molecule has 3 N–H and O–H groups in total. The Labute approximate surface area is 67.0 Å². The first-order chi connectivity index (χ1) is 5.52. The van der Waals surface area contributed by atoms with E-state index in [1.807, 2.05) is 0 Å². The molecule has 0 atom stereocenters. The maximum Gasteiger partial charge on any atom is 0.491 e. The predicted molar refractivity (Wildman–Crippen MR) is 37.8 cm³/mol. The molecular formula is C6H5BF2O3. The molecule has 0 radical (unpaired) electrons. The third kappa shape index (κ3) is 1.54. The van der Waals surface area contributed by atoms with Crippen LogP contribution in [0.25, 0.3) is 0 Å². The smallest absolute Gasteiger partial charge is 0.491 e. The van der Waals surface area contributed by atoms with Crippen LogP contribution in [0.3, 0.4) is 0 Å². The summed E-state index contributed by atoms with van der Waals surface area (Å²) in [7, 11) is -2.13. The average Bonchev–Trinajstić information content (AvgIpc) is 1.96. The molecule has 0 amide bonds. The summed E-state index contributed by atoms with van der Waals surface area (Å²) >= 11 is 0. The van der Waals surface area contributed by atoms with Crippen molar-refractivity contribution in [3.8, 4) is 5.75 Å². The zero-order valence-corrected chi connectivity index (χ0v) is 5.83. The van der Waals surface area contributed by atoms with Crippen LogP contribution >= 0.6 is 0 Å². The van der Waals surface area contributed by atoms with E-state index in [0.717, 1.165) is 0 Å². The molecule has 3 nitrogen and oxygen atoms in total. The van der Waals surface area contributed by atoms with Gasteiger partial charge in [-0.2, -0.15) is 0 Å². The molecule has 6 heteroatoms. The molecule has 0 fully saturated rings. The lowest BCUT2D eigenvalue weighted by atomic mass is 9.79. The lowest BCUT2D eigenvalue weighted by molar-refractivity contribution is 0.409. The van der Waals surface area contributed by atoms with Gasteiger partial charge in [-0.25, -0.2) is 8.78 Å². The molecule has 0 aliphatic heterocycles. The molecule has 0 spiro atoms. The highest BCUT2D eigenvalue weighted by Crippen LogP contribution is 2.14. The van der Waals surface area contributed by atoms with Crippen molar-refractivity contribution in [3.63, 3.8) is 0 Å². The Morgan fingerprint density at radius 1 is 1.17 bits per heavy atom. The molecule has 0 unspecified atom stereocenters. The number of benzene rings is 1. The lowest BCUT2D eigenvalue weighted by Gasteiger charge is -2.02. The van der Waals surface area contributed by atoms with Crippen molar-refractivity contribution in [2.75, 3.05) is 0 Å². The van der Waals surface area contributed by atoms with Gasteiger partial charge in [0.1, 0.15) is 5.82 Å². The zero-order chi connectivity index (χ0) is 9.30. The van der Waals surface area contributed by atoms with E-state index in [0.29, 0.717) is 12.1 Å². The summed E-state index contributed by atoms with van der Waals surface area (Å²) in [6.45, 7) is 0. The van der Waals surface area contributed by atoms with Crippen molar-refractivity contribution in [1.29, 1.82) is 0 Å². The van der Waals surface area contributed by atoms with E-state index < -0.39 is 30.0 Å². The number of hydrogen-bond donors (Lipinski definition) is 3. The van der Waals surface area contributed by atoms with Gasteiger partial charge in [0.25, 0.3) is 0 Å². The molecule has 64 valence electrons. The fourth-order valence-corrected chi connectivity index (χ4v) is 0.783. The summed E-state index contributed by atoms with van der Waals surface area (Å²) in [4.78, 5) is 0. The van der Waals surface area contributed by atoms with Crippen molar-refractivity contribution in [3.05, 3.63) is 23.8 Å². The second kappa shape index (κ2) is 3.08. The van der Waals surface area contributed by atoms with Crippen LogP contribution in [0.2, 0.25) is 0 Å². The second-order valence-corrected chi connectivity index (χ2v) is 2.20. The Kier molecular flexibility index (Phi) is 2.30. The van der Waals surface area contributed by atoms with Gasteiger partial charge in [0.2, 0.25) is 0 Å². The molecule has 0 bridgehead atoms. The second-order valence-electron chi connectivity index (χ2n) is 2.20. The Bertz CT molecular complexity index is 303. The quantitative estimate of drug-likeness (QED) is 0.495. The van der Waals surface area contributed by atoms with E-state index in [4.69, 9.17) is 15.2 Å². The third-order valence-electron chi connectivity index (χ3n) is 1.32. The summed E-state index contributed by atoms with van der Waals surface area (Å²) in [6.07, 6.45) is 0. The highest BCUT2D eigenvalue weighted by atomic mass is 19.1. The fraction of sp³-hybridized carbons (Fsp3) is 0. The van der Waals surface area contributed by atoms with E-state index in [2.05, 4.69) is 0 Å². The van der Waals surface area contributed by atoms with Crippen LogP contribution in [-0.4, -0.2) is 22.3 Å². The standard InChI is InChI=1S/C6H5BF2O3/c8-3-1-4(7(11)12)6(9)5(10)2-3/h1-2,10-12H. The van der Waals surface area contributed by atoms with Crippen LogP contribution in [0, 0.1) is 11.6 Å². The highest BCUT2D eigenvalue weighted by molar-refractivity contribution is 6.58. The van der Waals surface area contributed by atoms with E-state index in [1.165, 1.54) is 0 Å². The number of rotatable bonds is 1. The maximum absolute atomic E-state index is 12.7. The van der Waals surface area contributed by atoms with E-state index in [-0.39, 0.29) is 0 Å². The molecule has 0 aliphatic carbocycles. The van der Waals surface area contributed by atoms with Gasteiger partial charge in [0, 0.05) is 11.5 Å². The molecule has 1 aromatic rings. The van der Waals surface area contributed by atoms with Gasteiger partial charge < -0.3 is 15.2 Å². The van der Waals surface area contributed by atoms with E-state index >= 15 is 0 Å². The Morgan fingerprint density at radius 2 is 1.75 bits per heavy atom. The molecule has 0 aliphatic rings. The van der Waals surface area contributed by atoms with E-state index in [9.17, 15) is 8.78 Å². The van der Waals surface area contributed by atoms with Crippen LogP contribution in [-0.2, 0) is 0 Å². The van der Waals surface area contributed by atoms with Crippen LogP contribution in [0.4, 0.5) is 8.78 Å². The first-order valence-corrected chi connectivity index (χ1v) is 3.06. The Morgan fingerprint density at radius 3 is 2.25 bits per heavy atom. The molecule has 12 heavy (non-hydrogen) atoms. The molecule has 1 aromatic carbocycles. The topological polar surface area (TPSA) is 60.7 Å². The van der Waals surface area contributed by atoms with Gasteiger partial charge >= 0.3 is 7.12 Å². The van der Waals surface area contributed by atoms with Crippen LogP contribution in [0.1, 0.15) is 0 Å². The van der Waals surface area contributed by atoms with Gasteiger partial charge in [0.15, 0.2) is 11.6 Å². The predicted octanol–water partition coefficient (Wildman–Crippen LogP) is -0.650. The number of phenolic OH excluding ortho intramolecular Hbond substituents is 1. The molecule has 1 rings (SSSR count). The monoisotopic (exact) mass is 174 g/mol. The van der Waals surface area contributed by atoms with Crippen LogP contribution < -0.4 is 5.46 Å². The Balaban J connectivity index is 3.28. The van der Waals surface area contributed by atoms with Gasteiger partial charge in [-0.1, -0.05) is 0 Å². The van der Waals surface area contributed by atoms with Crippen molar-refractivity contribution >= 4 is 12.6 Å². The average molecular weight is 174 g/mol. The summed E-state index contributed by atoms with van der Waals surface area (Å²) in [6, 6.07) is 1.14. The van der Waals surface area contributed by atoms with Crippen LogP contribution in [0.5, 0.6) is 5.75 Å². The number of hydrogen-bond acceptors (Lipinski definition) is 3. The maximum atomic E-state index is 12.7. The number of halogens is 2. The minimum absolute atomic E-state index is 0.543. The molecule has 0 heterocycles. The largest absolute Gasteiger partial charge is 0.505 e. The first kappa shape index (κ1) is 8.96. The van der Waals surface area contributed by atoms with Gasteiger partial charge in [-0.05, 0) is 6.07 Å². The van der Waals surface area contributed by atoms with Crippen molar-refractivity contribution in [2.24, 2.45) is 0 Å². The van der Waals surface area contributed by atoms with Crippen molar-refractivity contribution < 1.29 is 23.9 Å². The summed E-state index contributed by atoms with van der Waals surface area (Å²) in [5.74, 6) is -3.11. The highest BCUT2D eigenvalue weighted by Gasteiger charge is 2.20. The molecular weight excluding hydrogens is 169 g/mol. The fourth-order valence-electron chi connectivity index (χ4n) is 0.783. The van der Waals surface area contributed by atoms with Crippen molar-refractivity contribution in [1.82, 2.24) is 0 Å². The molecule has 0 aromatic heterocycles. The molecule has 0 saturated carbocycles. The third-order valence-corrected chi connectivity index (χ3v) is 1.32. The van der Waals surface area contributed by atoms with Crippen LogP contribution in [0.15, 0.2) is 12.1 Å². The minimum atomic E-state index is -2.13. The number of phenols is 1. The minimum Gasteiger partial charge on any atom is -0.505 e. The van der Waals surface area contributed by atoms with Gasteiger partial charge in [-0.3, -0.25) is 0 Å². The van der Waals surface area contributed by atoms with Gasteiger partial charge in [-0.15, -0.1) is 0 Å². The zero-order valence-electron chi connectivity index (χ0n) is 5.83. The summed E-state index contributed by atoms with van der Waals surface area (Å²) in [5.41, 5.74) is -0.687. The number of aromatic hydroxyl groups is 1. The molecule has 0 saturated heterocycles. The van der Waals surface area contributed by atoms with Gasteiger partial charge in [0.05, 0.1) is 0 Å². The Hall–Kier alpha value is -1.14. The summed E-state index contributed by atoms with van der Waals surface area (Å²) < 4.78 is 25.1. The van der Waals surface area contributed by atoms with E-state index in [1.54, 1.807) is 0 Å². The first-order valence-electron chi connectivity index (χ1n) is 3.06. The normalized spacial score (nSPS) is 10.0. The lowest BCUT2D eigenvalue weighted by Crippen LogP contribution is -2.33. The summed E-state index contributed by atoms with van der Waals surface area (Å²) in [5, 5.41) is 25.7. The SMILES string of the molecule is OB(O)c1cc(F)cc(O)c1F. The van der Waals surface area contributed by atoms with Crippen molar-refractivity contribution in [2.45, 2.75) is 0 Å².